The highest BCUT2D eigenvalue weighted by Gasteiger charge is 2.19. The van der Waals surface area contributed by atoms with E-state index in [2.05, 4.69) is 22.3 Å². The third kappa shape index (κ3) is 3.96. The lowest BCUT2D eigenvalue weighted by Gasteiger charge is -2.29. The molecular weight excluding hydrogens is 262 g/mol. The number of nitrogens with one attached hydrogen (secondary N) is 1. The van der Waals surface area contributed by atoms with E-state index in [0.717, 1.165) is 38.5 Å². The van der Waals surface area contributed by atoms with Gasteiger partial charge in [-0.3, -0.25) is 4.90 Å². The van der Waals surface area contributed by atoms with Gasteiger partial charge >= 0.3 is 0 Å². The van der Waals surface area contributed by atoms with Gasteiger partial charge in [0.15, 0.2) is 0 Å². The van der Waals surface area contributed by atoms with E-state index in [0.29, 0.717) is 6.04 Å². The van der Waals surface area contributed by atoms with E-state index >= 15 is 0 Å². The van der Waals surface area contributed by atoms with E-state index < -0.39 is 0 Å². The summed E-state index contributed by atoms with van der Waals surface area (Å²) >= 11 is 0. The summed E-state index contributed by atoms with van der Waals surface area (Å²) in [6.45, 7) is 6.21. The quantitative estimate of drug-likeness (QED) is 0.643. The summed E-state index contributed by atoms with van der Waals surface area (Å²) in [4.78, 5) is 2.50. The van der Waals surface area contributed by atoms with Crippen LogP contribution in [0.25, 0.3) is 0 Å². The van der Waals surface area contributed by atoms with Crippen LogP contribution in [0, 0.1) is 0 Å². The average Bonchev–Trinajstić information content (AvgIpc) is 2.53. The molecule has 1 aromatic carbocycles. The number of benzene rings is 1. The van der Waals surface area contributed by atoms with Crippen LogP contribution in [0.2, 0.25) is 0 Å². The molecule has 0 bridgehead atoms. The molecule has 0 radical (unpaired) electrons. The topological polar surface area (TPSA) is 50.5 Å². The van der Waals surface area contributed by atoms with E-state index in [1.807, 2.05) is 6.07 Å². The monoisotopic (exact) mass is 289 g/mol. The molecule has 3 rings (SSSR count). The minimum absolute atomic E-state index is 0.488. The minimum atomic E-state index is 0.488. The Bertz CT molecular complexity index is 457. The van der Waals surface area contributed by atoms with Crippen molar-refractivity contribution in [2.45, 2.75) is 31.7 Å². The maximum Gasteiger partial charge on any atom is 0.0594 e. The Labute approximate surface area is 127 Å². The lowest BCUT2D eigenvalue weighted by Crippen LogP contribution is -2.38. The lowest BCUT2D eigenvalue weighted by atomic mass is 9.87. The molecule has 1 fully saturated rings. The first-order valence-electron chi connectivity index (χ1n) is 8.25. The van der Waals surface area contributed by atoms with Crippen LogP contribution in [0.5, 0.6) is 0 Å². The zero-order chi connectivity index (χ0) is 14.5. The predicted molar refractivity (Wildman–Crippen MR) is 86.4 cm³/mol. The normalized spacial score (nSPS) is 23.0. The van der Waals surface area contributed by atoms with Gasteiger partial charge in [-0.2, -0.15) is 0 Å². The maximum absolute atomic E-state index is 5.95. The van der Waals surface area contributed by atoms with Crippen molar-refractivity contribution in [2.24, 2.45) is 0 Å². The fraction of sp³-hybridized carbons (Fsp3) is 0.647. The van der Waals surface area contributed by atoms with E-state index in [9.17, 15) is 0 Å². The molecule has 21 heavy (non-hydrogen) atoms. The number of anilines is 1. The van der Waals surface area contributed by atoms with Crippen molar-refractivity contribution in [1.29, 1.82) is 0 Å². The second-order valence-electron chi connectivity index (χ2n) is 6.16. The molecule has 1 unspecified atom stereocenters. The van der Waals surface area contributed by atoms with Gasteiger partial charge in [0.1, 0.15) is 0 Å². The lowest BCUT2D eigenvalue weighted by molar-refractivity contribution is 0.0373. The zero-order valence-electron chi connectivity index (χ0n) is 12.8. The van der Waals surface area contributed by atoms with Gasteiger partial charge in [0, 0.05) is 24.8 Å². The van der Waals surface area contributed by atoms with Gasteiger partial charge in [-0.15, -0.1) is 0 Å². The van der Waals surface area contributed by atoms with Gasteiger partial charge in [-0.25, -0.2) is 0 Å². The third-order valence-corrected chi connectivity index (χ3v) is 4.63. The van der Waals surface area contributed by atoms with Crippen molar-refractivity contribution in [3.8, 4) is 0 Å². The summed E-state index contributed by atoms with van der Waals surface area (Å²) < 4.78 is 5.38. The first kappa shape index (κ1) is 14.8. The van der Waals surface area contributed by atoms with Crippen molar-refractivity contribution in [1.82, 2.24) is 10.2 Å². The van der Waals surface area contributed by atoms with Crippen molar-refractivity contribution in [2.75, 3.05) is 45.1 Å². The smallest absolute Gasteiger partial charge is 0.0594 e. The van der Waals surface area contributed by atoms with E-state index in [4.69, 9.17) is 10.5 Å². The van der Waals surface area contributed by atoms with Crippen LogP contribution in [0.1, 0.15) is 36.4 Å². The van der Waals surface area contributed by atoms with E-state index in [1.165, 1.54) is 43.4 Å². The van der Waals surface area contributed by atoms with E-state index in [-0.39, 0.29) is 0 Å². The Morgan fingerprint density at radius 2 is 2.14 bits per heavy atom. The fourth-order valence-electron chi connectivity index (χ4n) is 3.43. The van der Waals surface area contributed by atoms with Crippen molar-refractivity contribution >= 4 is 5.69 Å². The number of nitrogens with zero attached hydrogens (tertiary/aromatic N) is 1. The molecule has 1 aliphatic carbocycles. The molecule has 0 amide bonds. The summed E-state index contributed by atoms with van der Waals surface area (Å²) in [7, 11) is 0. The molecule has 116 valence electrons. The largest absolute Gasteiger partial charge is 0.399 e. The van der Waals surface area contributed by atoms with Crippen LogP contribution in [-0.2, 0) is 11.2 Å². The standard InChI is InChI=1S/C17H27N3O/c18-15-6-5-14-3-1-4-17(16(14)13-15)19-7-2-8-20-9-11-21-12-10-20/h5-6,13,17,19H,1-4,7-12,18H2. The third-order valence-electron chi connectivity index (χ3n) is 4.63. The Balaban J connectivity index is 1.46. The van der Waals surface area contributed by atoms with Crippen LogP contribution in [0.3, 0.4) is 0 Å². The predicted octanol–water partition coefficient (Wildman–Crippen LogP) is 1.96. The molecule has 1 aliphatic heterocycles. The van der Waals surface area contributed by atoms with Crippen LogP contribution >= 0.6 is 0 Å². The van der Waals surface area contributed by atoms with E-state index in [1.54, 1.807) is 0 Å². The molecule has 1 atom stereocenters. The highest BCUT2D eigenvalue weighted by Crippen LogP contribution is 2.30. The van der Waals surface area contributed by atoms with Crippen LogP contribution in [-0.4, -0.2) is 44.3 Å². The average molecular weight is 289 g/mol. The first-order valence-corrected chi connectivity index (χ1v) is 8.25. The number of nitrogen functional groups attached to an aromatic ring is 1. The molecule has 0 aromatic heterocycles. The number of ether oxygens (including phenoxy) is 1. The summed E-state index contributed by atoms with van der Waals surface area (Å²) in [5.41, 5.74) is 9.73. The number of nitrogens with two attached hydrogens (primary N) is 1. The Morgan fingerprint density at radius 3 is 3.00 bits per heavy atom. The van der Waals surface area contributed by atoms with Gasteiger partial charge in [0.2, 0.25) is 0 Å². The molecule has 4 heteroatoms. The fourth-order valence-corrected chi connectivity index (χ4v) is 3.43. The van der Waals surface area contributed by atoms with Crippen LogP contribution in [0.4, 0.5) is 5.69 Å². The Hall–Kier alpha value is -1.10. The van der Waals surface area contributed by atoms with Gasteiger partial charge in [0.25, 0.3) is 0 Å². The summed E-state index contributed by atoms with van der Waals surface area (Å²) in [5, 5.41) is 3.73. The molecule has 3 N–H and O–H groups in total. The van der Waals surface area contributed by atoms with Crippen molar-refractivity contribution in [3.05, 3.63) is 29.3 Å². The highest BCUT2D eigenvalue weighted by molar-refractivity contribution is 5.46. The van der Waals surface area contributed by atoms with Crippen molar-refractivity contribution < 1.29 is 4.74 Å². The number of fused-ring (bicyclic) bond motifs is 1. The molecule has 0 saturated carbocycles. The summed E-state index contributed by atoms with van der Waals surface area (Å²) in [6, 6.07) is 6.88. The second kappa shape index (κ2) is 7.25. The van der Waals surface area contributed by atoms with Crippen LogP contribution in [0.15, 0.2) is 18.2 Å². The molecule has 4 nitrogen and oxygen atoms in total. The Kier molecular flexibility index (Phi) is 5.12. The summed E-state index contributed by atoms with van der Waals surface area (Å²) in [5.74, 6) is 0. The molecule has 1 heterocycles. The Morgan fingerprint density at radius 1 is 1.29 bits per heavy atom. The minimum Gasteiger partial charge on any atom is -0.399 e. The zero-order valence-corrected chi connectivity index (χ0v) is 12.8. The number of hydrogen-bond acceptors (Lipinski definition) is 4. The van der Waals surface area contributed by atoms with Gasteiger partial charge in [0.05, 0.1) is 13.2 Å². The van der Waals surface area contributed by atoms with Crippen LogP contribution < -0.4 is 11.1 Å². The number of aryl methyl sites for hydroxylation is 1. The SMILES string of the molecule is Nc1ccc2c(c1)C(NCCCN1CCOCC1)CCC2. The van der Waals surface area contributed by atoms with Gasteiger partial charge in [-0.1, -0.05) is 6.07 Å². The molecule has 2 aliphatic rings. The van der Waals surface area contributed by atoms with Crippen molar-refractivity contribution in [3.63, 3.8) is 0 Å². The number of morpholine rings is 1. The number of rotatable bonds is 5. The molecule has 1 aromatic rings. The second-order valence-corrected chi connectivity index (χ2v) is 6.16. The summed E-state index contributed by atoms with van der Waals surface area (Å²) in [6.07, 6.45) is 4.90. The maximum atomic E-state index is 5.95. The van der Waals surface area contributed by atoms with Gasteiger partial charge in [-0.05, 0) is 62.0 Å². The molecular formula is C17H27N3O. The molecule has 0 spiro atoms. The van der Waals surface area contributed by atoms with Gasteiger partial charge < -0.3 is 15.8 Å². The molecule has 1 saturated heterocycles. The number of hydrogen-bond donors (Lipinski definition) is 2. The highest BCUT2D eigenvalue weighted by atomic mass is 16.5. The first-order chi connectivity index (χ1) is 10.3.